The van der Waals surface area contributed by atoms with Crippen molar-refractivity contribution < 1.29 is 9.53 Å². The van der Waals surface area contributed by atoms with Gasteiger partial charge in [0.1, 0.15) is 5.52 Å². The molecule has 2 N–H and O–H groups in total. The lowest BCUT2D eigenvalue weighted by atomic mass is 10.1. The molecule has 0 unspecified atom stereocenters. The largest absolute Gasteiger partial charge is 0.383 e. The van der Waals surface area contributed by atoms with Crippen LogP contribution < -0.4 is 10.6 Å². The molecule has 2 atom stereocenters. The normalized spacial score (nSPS) is 17.2. The molecule has 0 radical (unpaired) electrons. The monoisotopic (exact) mass is 419 g/mol. The number of nitrogens with zero attached hydrogens (tertiary/aromatic N) is 5. The van der Waals surface area contributed by atoms with Gasteiger partial charge in [-0.25, -0.2) is 4.98 Å². The lowest BCUT2D eigenvalue weighted by Crippen LogP contribution is -2.16. The minimum absolute atomic E-state index is 0.0178. The first-order valence-electron chi connectivity index (χ1n) is 10.2. The second kappa shape index (κ2) is 8.70. The SMILES string of the molecule is CNc1ncc(C#Cc2cn(CCOC)nc2C)c2cc(NC(=O)[C@H]3C[C@H]3C)nnc12. The zero-order valence-electron chi connectivity index (χ0n) is 18.1. The van der Waals surface area contributed by atoms with Gasteiger partial charge in [-0.15, -0.1) is 10.2 Å². The summed E-state index contributed by atoms with van der Waals surface area (Å²) < 4.78 is 6.92. The van der Waals surface area contributed by atoms with Gasteiger partial charge in [-0.05, 0) is 25.3 Å². The molecule has 1 saturated carbocycles. The van der Waals surface area contributed by atoms with Crippen LogP contribution in [-0.2, 0) is 16.1 Å². The summed E-state index contributed by atoms with van der Waals surface area (Å²) in [7, 11) is 3.44. The highest BCUT2D eigenvalue weighted by Crippen LogP contribution is 2.38. The summed E-state index contributed by atoms with van der Waals surface area (Å²) in [6.45, 7) is 5.24. The first-order chi connectivity index (χ1) is 15.0. The van der Waals surface area contributed by atoms with E-state index in [1.165, 1.54) is 0 Å². The molecule has 1 aliphatic carbocycles. The third-order valence-corrected chi connectivity index (χ3v) is 5.37. The van der Waals surface area contributed by atoms with Crippen LogP contribution in [0.1, 0.15) is 30.2 Å². The Hall–Kier alpha value is -3.51. The molecular formula is C22H25N7O2. The number of anilines is 2. The number of hydrogen-bond acceptors (Lipinski definition) is 7. The van der Waals surface area contributed by atoms with Crippen LogP contribution in [0.25, 0.3) is 10.9 Å². The number of hydrogen-bond donors (Lipinski definition) is 2. The summed E-state index contributed by atoms with van der Waals surface area (Å²) in [4.78, 5) is 16.7. The number of nitrogens with one attached hydrogen (secondary N) is 2. The molecule has 0 aromatic carbocycles. The number of aryl methyl sites for hydroxylation is 1. The molecule has 4 rings (SSSR count). The van der Waals surface area contributed by atoms with E-state index in [0.717, 1.165) is 23.1 Å². The molecule has 160 valence electrons. The minimum Gasteiger partial charge on any atom is -0.383 e. The summed E-state index contributed by atoms with van der Waals surface area (Å²) in [6.07, 6.45) is 4.51. The molecule has 31 heavy (non-hydrogen) atoms. The highest BCUT2D eigenvalue weighted by Gasteiger charge is 2.39. The molecule has 9 nitrogen and oxygen atoms in total. The third kappa shape index (κ3) is 4.49. The Kier molecular flexibility index (Phi) is 5.82. The van der Waals surface area contributed by atoms with Gasteiger partial charge in [0.15, 0.2) is 11.6 Å². The van der Waals surface area contributed by atoms with Crippen LogP contribution in [-0.4, -0.2) is 51.6 Å². The van der Waals surface area contributed by atoms with Gasteiger partial charge in [0.05, 0.1) is 30.0 Å². The van der Waals surface area contributed by atoms with E-state index in [1.807, 2.05) is 17.8 Å². The summed E-state index contributed by atoms with van der Waals surface area (Å²) >= 11 is 0. The second-order valence-corrected chi connectivity index (χ2v) is 7.71. The van der Waals surface area contributed by atoms with Gasteiger partial charge in [-0.1, -0.05) is 18.8 Å². The molecule has 0 saturated heterocycles. The molecule has 0 spiro atoms. The summed E-state index contributed by atoms with van der Waals surface area (Å²) in [6, 6.07) is 1.80. The fraction of sp³-hybridized carbons (Fsp3) is 0.409. The number of carbonyl (C=O) groups is 1. The van der Waals surface area contributed by atoms with Crippen molar-refractivity contribution in [3.8, 4) is 11.8 Å². The molecule has 0 bridgehead atoms. The molecule has 3 aromatic heterocycles. The fourth-order valence-corrected chi connectivity index (χ4v) is 3.36. The van der Waals surface area contributed by atoms with Crippen LogP contribution >= 0.6 is 0 Å². The van der Waals surface area contributed by atoms with Gasteiger partial charge >= 0.3 is 0 Å². The average molecular weight is 419 g/mol. The highest BCUT2D eigenvalue weighted by atomic mass is 16.5. The zero-order chi connectivity index (χ0) is 22.0. The number of amides is 1. The van der Waals surface area contributed by atoms with Crippen molar-refractivity contribution in [3.05, 3.63) is 35.3 Å². The number of ether oxygens (including phenoxy) is 1. The maximum absolute atomic E-state index is 12.3. The predicted molar refractivity (Wildman–Crippen MR) is 118 cm³/mol. The molecule has 1 amide bonds. The summed E-state index contributed by atoms with van der Waals surface area (Å²) in [5.74, 6) is 7.84. The van der Waals surface area contributed by atoms with Gasteiger partial charge in [-0.3, -0.25) is 9.48 Å². The minimum atomic E-state index is -0.0178. The first-order valence-corrected chi connectivity index (χ1v) is 10.2. The summed E-state index contributed by atoms with van der Waals surface area (Å²) in [5, 5.41) is 19.6. The Bertz CT molecular complexity index is 1190. The number of rotatable bonds is 6. The van der Waals surface area contributed by atoms with Gasteiger partial charge in [0, 0.05) is 37.9 Å². The highest BCUT2D eigenvalue weighted by molar-refractivity contribution is 5.97. The Morgan fingerprint density at radius 3 is 2.81 bits per heavy atom. The van der Waals surface area contributed by atoms with Gasteiger partial charge in [-0.2, -0.15) is 5.10 Å². The lowest BCUT2D eigenvalue weighted by Gasteiger charge is -2.08. The average Bonchev–Trinajstić information content (AvgIpc) is 3.40. The number of aromatic nitrogens is 5. The molecule has 3 aromatic rings. The Morgan fingerprint density at radius 2 is 2.10 bits per heavy atom. The maximum atomic E-state index is 12.3. The van der Waals surface area contributed by atoms with E-state index in [4.69, 9.17) is 4.74 Å². The van der Waals surface area contributed by atoms with Crippen molar-refractivity contribution in [1.29, 1.82) is 0 Å². The predicted octanol–water partition coefficient (Wildman–Crippen LogP) is 2.21. The molecule has 9 heteroatoms. The number of methoxy groups -OCH3 is 1. The van der Waals surface area contributed by atoms with E-state index in [-0.39, 0.29) is 11.8 Å². The third-order valence-electron chi connectivity index (χ3n) is 5.37. The molecule has 1 aliphatic rings. The maximum Gasteiger partial charge on any atom is 0.228 e. The van der Waals surface area contributed by atoms with Crippen LogP contribution in [0, 0.1) is 30.6 Å². The van der Waals surface area contributed by atoms with Gasteiger partial charge in [0.25, 0.3) is 0 Å². The second-order valence-electron chi connectivity index (χ2n) is 7.71. The van der Waals surface area contributed by atoms with Crippen LogP contribution in [0.5, 0.6) is 0 Å². The quantitative estimate of drug-likeness (QED) is 0.590. The van der Waals surface area contributed by atoms with Crippen LogP contribution in [0.15, 0.2) is 18.5 Å². The van der Waals surface area contributed by atoms with E-state index in [2.05, 4.69) is 49.7 Å². The van der Waals surface area contributed by atoms with Gasteiger partial charge in [0.2, 0.25) is 5.91 Å². The van der Waals surface area contributed by atoms with Crippen molar-refractivity contribution in [2.45, 2.75) is 26.8 Å². The Labute approximate surface area is 180 Å². The molecule has 0 aliphatic heterocycles. The van der Waals surface area contributed by atoms with E-state index >= 15 is 0 Å². The Morgan fingerprint density at radius 1 is 1.32 bits per heavy atom. The number of fused-ring (bicyclic) bond motifs is 1. The molecule has 1 fully saturated rings. The van der Waals surface area contributed by atoms with Crippen molar-refractivity contribution in [2.24, 2.45) is 11.8 Å². The standard InChI is InChI=1S/C22H25N7O2/c1-13-9-17(13)22(30)25-19-10-18-15(11-24-21(23-3)20(18)27-26-19)5-6-16-12-29(7-8-31-4)28-14(16)2/h10-13,17H,7-9H2,1-4H3,(H,23,24)(H,25,26,30)/t13-,17+/m1/s1. The number of carbonyl (C=O) groups excluding carboxylic acids is 1. The smallest absolute Gasteiger partial charge is 0.228 e. The molecule has 3 heterocycles. The van der Waals surface area contributed by atoms with E-state index in [9.17, 15) is 4.79 Å². The van der Waals surface area contributed by atoms with Crippen LogP contribution in [0.2, 0.25) is 0 Å². The molecular weight excluding hydrogens is 394 g/mol. The van der Waals surface area contributed by atoms with E-state index in [1.54, 1.807) is 26.4 Å². The first kappa shape index (κ1) is 20.8. The van der Waals surface area contributed by atoms with Crippen molar-refractivity contribution >= 4 is 28.4 Å². The topological polar surface area (TPSA) is 107 Å². The van der Waals surface area contributed by atoms with Crippen molar-refractivity contribution in [3.63, 3.8) is 0 Å². The fourth-order valence-electron chi connectivity index (χ4n) is 3.36. The van der Waals surface area contributed by atoms with Crippen molar-refractivity contribution in [1.82, 2.24) is 25.0 Å². The summed E-state index contributed by atoms with van der Waals surface area (Å²) in [5.41, 5.74) is 2.97. The van der Waals surface area contributed by atoms with Crippen LogP contribution in [0.4, 0.5) is 11.6 Å². The van der Waals surface area contributed by atoms with Gasteiger partial charge < -0.3 is 15.4 Å². The van der Waals surface area contributed by atoms with E-state index in [0.29, 0.717) is 41.8 Å². The van der Waals surface area contributed by atoms with E-state index < -0.39 is 0 Å². The van der Waals surface area contributed by atoms with Crippen LogP contribution in [0.3, 0.4) is 0 Å². The number of pyridine rings is 1. The Balaban J connectivity index is 1.67. The lowest BCUT2D eigenvalue weighted by molar-refractivity contribution is -0.117. The zero-order valence-corrected chi connectivity index (χ0v) is 18.1. The van der Waals surface area contributed by atoms with Crippen molar-refractivity contribution in [2.75, 3.05) is 31.4 Å².